The van der Waals surface area contributed by atoms with Crippen molar-refractivity contribution in [2.75, 3.05) is 13.7 Å². The van der Waals surface area contributed by atoms with Gasteiger partial charge in [-0.15, -0.1) is 12.4 Å². The van der Waals surface area contributed by atoms with E-state index in [-0.39, 0.29) is 18.4 Å². The van der Waals surface area contributed by atoms with E-state index in [0.717, 1.165) is 6.42 Å². The molecule has 0 aromatic rings. The molecular formula is C11H20ClNO4. The zero-order valence-electron chi connectivity index (χ0n) is 10.7. The highest BCUT2D eigenvalue weighted by Crippen LogP contribution is 2.21. The van der Waals surface area contributed by atoms with Crippen LogP contribution in [-0.4, -0.2) is 42.3 Å². The maximum Gasteiger partial charge on any atom is 0.411 e. The van der Waals surface area contributed by atoms with Gasteiger partial charge in [-0.05, 0) is 33.6 Å². The van der Waals surface area contributed by atoms with Crippen LogP contribution in [0, 0.1) is 0 Å². The van der Waals surface area contributed by atoms with Crippen LogP contribution in [-0.2, 0) is 14.3 Å². The van der Waals surface area contributed by atoms with E-state index < -0.39 is 17.7 Å². The Morgan fingerprint density at radius 2 is 1.88 bits per heavy atom. The van der Waals surface area contributed by atoms with Gasteiger partial charge in [0.15, 0.2) is 0 Å². The number of hydrogen-bond acceptors (Lipinski definition) is 4. The van der Waals surface area contributed by atoms with Crippen LogP contribution in [0.25, 0.3) is 0 Å². The molecule has 0 aromatic heterocycles. The second-order valence-electron chi connectivity index (χ2n) is 4.85. The monoisotopic (exact) mass is 265 g/mol. The Kier molecular flexibility index (Phi) is 5.75. The highest BCUT2D eigenvalue weighted by molar-refractivity contribution is 5.85. The summed E-state index contributed by atoms with van der Waals surface area (Å²) in [5, 5.41) is 0. The summed E-state index contributed by atoms with van der Waals surface area (Å²) in [5.74, 6) is -0.372. The zero-order chi connectivity index (χ0) is 12.3. The van der Waals surface area contributed by atoms with Crippen LogP contribution in [0.1, 0.15) is 33.6 Å². The van der Waals surface area contributed by atoms with Crippen LogP contribution in [0.5, 0.6) is 0 Å². The maximum atomic E-state index is 11.8. The van der Waals surface area contributed by atoms with E-state index in [9.17, 15) is 9.59 Å². The molecule has 1 rings (SSSR count). The summed E-state index contributed by atoms with van der Waals surface area (Å²) < 4.78 is 9.88. The number of likely N-dealkylation sites (tertiary alicyclic amines) is 1. The molecule has 1 heterocycles. The average Bonchev–Trinajstić information content (AvgIpc) is 2.62. The first-order chi connectivity index (χ1) is 7.35. The topological polar surface area (TPSA) is 55.8 Å². The van der Waals surface area contributed by atoms with Gasteiger partial charge in [-0.1, -0.05) is 0 Å². The molecule has 0 saturated carbocycles. The highest BCUT2D eigenvalue weighted by atomic mass is 35.5. The summed E-state index contributed by atoms with van der Waals surface area (Å²) in [4.78, 5) is 24.7. The minimum Gasteiger partial charge on any atom is -0.467 e. The molecular weight excluding hydrogens is 246 g/mol. The smallest absolute Gasteiger partial charge is 0.411 e. The predicted octanol–water partition coefficient (Wildman–Crippen LogP) is 1.98. The van der Waals surface area contributed by atoms with Crippen LogP contribution in [0.4, 0.5) is 4.79 Å². The number of ether oxygens (including phenoxy) is 2. The summed E-state index contributed by atoms with van der Waals surface area (Å²) in [6.07, 6.45) is 1.01. The van der Waals surface area contributed by atoms with E-state index in [4.69, 9.17) is 4.74 Å². The predicted molar refractivity (Wildman–Crippen MR) is 65.2 cm³/mol. The molecule has 0 aromatic carbocycles. The number of carbonyl (C=O) groups excluding carboxylic acids is 2. The number of esters is 1. The van der Waals surface area contributed by atoms with Crippen molar-refractivity contribution in [1.29, 1.82) is 0 Å². The average molecular weight is 266 g/mol. The lowest BCUT2D eigenvalue weighted by Crippen LogP contribution is -2.43. The Hall–Kier alpha value is -0.970. The van der Waals surface area contributed by atoms with Crippen LogP contribution >= 0.6 is 12.4 Å². The summed E-state index contributed by atoms with van der Waals surface area (Å²) >= 11 is 0. The van der Waals surface area contributed by atoms with E-state index >= 15 is 0 Å². The fraction of sp³-hybridized carbons (Fsp3) is 0.818. The first-order valence-electron chi connectivity index (χ1n) is 5.42. The van der Waals surface area contributed by atoms with Crippen molar-refractivity contribution >= 4 is 24.5 Å². The number of rotatable bonds is 1. The summed E-state index contributed by atoms with van der Waals surface area (Å²) in [7, 11) is 1.33. The maximum absolute atomic E-state index is 11.8. The molecule has 1 aliphatic heterocycles. The van der Waals surface area contributed by atoms with Gasteiger partial charge in [0.25, 0.3) is 0 Å². The van der Waals surface area contributed by atoms with E-state index in [0.29, 0.717) is 13.0 Å². The van der Waals surface area contributed by atoms with Crippen LogP contribution in [0.3, 0.4) is 0 Å². The normalized spacial score (nSPS) is 19.5. The van der Waals surface area contributed by atoms with Crippen molar-refractivity contribution in [3.8, 4) is 0 Å². The number of halogens is 1. The number of carbonyl (C=O) groups is 2. The standard InChI is InChI=1S/C11H19NO4.ClH/c1-11(2,3)16-10(14)12-7-5-6-8(12)9(13)15-4;/h8H,5-7H2,1-4H3;1H/t8-;/m0./s1. The molecule has 1 atom stereocenters. The lowest BCUT2D eigenvalue weighted by atomic mass is 10.2. The quantitative estimate of drug-likeness (QED) is 0.681. The molecule has 0 unspecified atom stereocenters. The Morgan fingerprint density at radius 1 is 1.29 bits per heavy atom. The Morgan fingerprint density at radius 3 is 2.35 bits per heavy atom. The number of nitrogens with zero attached hydrogens (tertiary/aromatic N) is 1. The third-order valence-corrected chi connectivity index (χ3v) is 2.35. The Bertz CT molecular complexity index is 288. The molecule has 1 aliphatic rings. The molecule has 100 valence electrons. The molecule has 0 bridgehead atoms. The van der Waals surface area contributed by atoms with Crippen molar-refractivity contribution in [2.24, 2.45) is 0 Å². The van der Waals surface area contributed by atoms with Crippen molar-refractivity contribution in [2.45, 2.75) is 45.3 Å². The molecule has 1 saturated heterocycles. The molecule has 5 nitrogen and oxygen atoms in total. The van der Waals surface area contributed by atoms with Gasteiger partial charge in [0, 0.05) is 6.54 Å². The summed E-state index contributed by atoms with van der Waals surface area (Å²) in [5.41, 5.74) is -0.541. The molecule has 6 heteroatoms. The molecule has 0 radical (unpaired) electrons. The van der Waals surface area contributed by atoms with Crippen molar-refractivity contribution in [1.82, 2.24) is 4.90 Å². The fourth-order valence-corrected chi connectivity index (χ4v) is 1.69. The van der Waals surface area contributed by atoms with E-state index in [1.807, 2.05) is 0 Å². The first kappa shape index (κ1) is 16.0. The molecule has 0 aliphatic carbocycles. The fourth-order valence-electron chi connectivity index (χ4n) is 1.69. The van der Waals surface area contributed by atoms with Gasteiger partial charge < -0.3 is 9.47 Å². The molecule has 0 spiro atoms. The molecule has 1 amide bonds. The minimum atomic E-state index is -0.541. The highest BCUT2D eigenvalue weighted by Gasteiger charge is 2.37. The minimum absolute atomic E-state index is 0. The first-order valence-corrected chi connectivity index (χ1v) is 5.42. The van der Waals surface area contributed by atoms with Gasteiger partial charge >= 0.3 is 12.1 Å². The lowest BCUT2D eigenvalue weighted by molar-refractivity contribution is -0.145. The third-order valence-electron chi connectivity index (χ3n) is 2.35. The van der Waals surface area contributed by atoms with Gasteiger partial charge in [0.1, 0.15) is 11.6 Å². The molecule has 1 fully saturated rings. The largest absolute Gasteiger partial charge is 0.467 e. The second kappa shape index (κ2) is 6.10. The van der Waals surface area contributed by atoms with Gasteiger partial charge in [-0.3, -0.25) is 4.90 Å². The molecule has 17 heavy (non-hydrogen) atoms. The lowest BCUT2D eigenvalue weighted by Gasteiger charge is -2.27. The zero-order valence-corrected chi connectivity index (χ0v) is 11.5. The van der Waals surface area contributed by atoms with Crippen LogP contribution < -0.4 is 0 Å². The Balaban J connectivity index is 0.00000256. The summed E-state index contributed by atoms with van der Waals surface area (Å²) in [6, 6.07) is -0.486. The molecule has 0 N–H and O–H groups in total. The second-order valence-corrected chi connectivity index (χ2v) is 4.85. The Labute approximate surface area is 108 Å². The number of hydrogen-bond donors (Lipinski definition) is 0. The van der Waals surface area contributed by atoms with Gasteiger partial charge in [0.2, 0.25) is 0 Å². The SMILES string of the molecule is COC(=O)[C@@H]1CCCN1C(=O)OC(C)(C)C.Cl. The van der Waals surface area contributed by atoms with Crippen molar-refractivity contribution in [3.63, 3.8) is 0 Å². The van der Waals surface area contributed by atoms with Gasteiger partial charge in [0.05, 0.1) is 7.11 Å². The van der Waals surface area contributed by atoms with Crippen molar-refractivity contribution in [3.05, 3.63) is 0 Å². The number of methoxy groups -OCH3 is 1. The summed E-state index contributed by atoms with van der Waals surface area (Å²) in [6.45, 7) is 5.95. The van der Waals surface area contributed by atoms with Crippen LogP contribution in [0.2, 0.25) is 0 Å². The van der Waals surface area contributed by atoms with Gasteiger partial charge in [-0.25, -0.2) is 9.59 Å². The number of amides is 1. The van der Waals surface area contributed by atoms with Gasteiger partial charge in [-0.2, -0.15) is 0 Å². The van der Waals surface area contributed by atoms with E-state index in [2.05, 4.69) is 4.74 Å². The van der Waals surface area contributed by atoms with E-state index in [1.54, 1.807) is 20.8 Å². The van der Waals surface area contributed by atoms with Crippen molar-refractivity contribution < 1.29 is 19.1 Å². The van der Waals surface area contributed by atoms with E-state index in [1.165, 1.54) is 12.0 Å². The third kappa shape index (κ3) is 4.42. The van der Waals surface area contributed by atoms with Crippen LogP contribution in [0.15, 0.2) is 0 Å².